The molecule has 0 saturated carbocycles. The molecule has 0 spiro atoms. The highest BCUT2D eigenvalue weighted by Crippen LogP contribution is 2.10. The second-order valence-electron chi connectivity index (χ2n) is 5.94. The van der Waals surface area contributed by atoms with Gasteiger partial charge in [-0.25, -0.2) is 0 Å². The minimum Gasteiger partial charge on any atom is -0.469 e. The van der Waals surface area contributed by atoms with Crippen LogP contribution >= 0.6 is 0 Å². The molecular formula is C18H24N2O4. The molecule has 0 unspecified atom stereocenters. The Morgan fingerprint density at radius 3 is 2.75 bits per heavy atom. The Labute approximate surface area is 141 Å². The number of aliphatic hydroxyl groups excluding tert-OH is 1. The first-order chi connectivity index (χ1) is 11.5. The molecule has 0 aliphatic heterocycles. The number of carbonyl (C=O) groups excluding carboxylic acids is 1. The minimum atomic E-state index is -0.405. The van der Waals surface area contributed by atoms with Crippen LogP contribution in [0.2, 0.25) is 0 Å². The molecule has 0 radical (unpaired) electrons. The van der Waals surface area contributed by atoms with Crippen LogP contribution in [0.1, 0.15) is 34.3 Å². The molecule has 6 heteroatoms. The number of nitrogens with zero attached hydrogens (tertiary/aromatic N) is 1. The van der Waals surface area contributed by atoms with Crippen LogP contribution in [0.15, 0.2) is 33.7 Å². The number of rotatable bonds is 7. The van der Waals surface area contributed by atoms with E-state index in [1.54, 1.807) is 23.8 Å². The predicted octanol–water partition coefficient (Wildman–Crippen LogP) is 1.66. The highest BCUT2D eigenvalue weighted by molar-refractivity contribution is 5.95. The van der Waals surface area contributed by atoms with Gasteiger partial charge in [0.15, 0.2) is 0 Å². The summed E-state index contributed by atoms with van der Waals surface area (Å²) in [7, 11) is 0. The summed E-state index contributed by atoms with van der Waals surface area (Å²) in [6, 6.07) is 5.45. The van der Waals surface area contributed by atoms with Gasteiger partial charge in [-0.3, -0.25) is 9.59 Å². The number of hydrogen-bond acceptors (Lipinski definition) is 4. The van der Waals surface area contributed by atoms with Gasteiger partial charge in [-0.1, -0.05) is 0 Å². The third-order valence-electron chi connectivity index (χ3n) is 4.13. The Morgan fingerprint density at radius 2 is 2.17 bits per heavy atom. The maximum atomic E-state index is 12.5. The van der Waals surface area contributed by atoms with Crippen molar-refractivity contribution in [3.8, 4) is 0 Å². The first-order valence-electron chi connectivity index (χ1n) is 8.10. The summed E-state index contributed by atoms with van der Waals surface area (Å²) in [6.07, 6.45) is 2.10. The van der Waals surface area contributed by atoms with Crippen LogP contribution < -0.4 is 10.9 Å². The number of aromatic nitrogens is 1. The second-order valence-corrected chi connectivity index (χ2v) is 5.94. The molecule has 2 N–H and O–H groups in total. The van der Waals surface area contributed by atoms with Crippen LogP contribution in [0, 0.1) is 19.8 Å². The molecule has 0 aromatic carbocycles. The number of aliphatic hydroxyl groups is 1. The zero-order valence-corrected chi connectivity index (χ0v) is 14.3. The lowest BCUT2D eigenvalue weighted by Gasteiger charge is -2.16. The van der Waals surface area contributed by atoms with E-state index in [2.05, 4.69) is 5.32 Å². The van der Waals surface area contributed by atoms with Gasteiger partial charge < -0.3 is 19.4 Å². The molecule has 0 aliphatic rings. The van der Waals surface area contributed by atoms with E-state index in [-0.39, 0.29) is 30.2 Å². The summed E-state index contributed by atoms with van der Waals surface area (Å²) >= 11 is 0. The normalized spacial score (nSPS) is 12.2. The molecule has 2 rings (SSSR count). The van der Waals surface area contributed by atoms with Crippen LogP contribution in [0.5, 0.6) is 0 Å². The van der Waals surface area contributed by atoms with E-state index < -0.39 is 5.91 Å². The Bertz CT molecular complexity index is 747. The highest BCUT2D eigenvalue weighted by atomic mass is 16.3. The average Bonchev–Trinajstić information content (AvgIpc) is 3.04. The first-order valence-corrected chi connectivity index (χ1v) is 8.10. The van der Waals surface area contributed by atoms with Gasteiger partial charge in [0.1, 0.15) is 11.3 Å². The average molecular weight is 332 g/mol. The fraction of sp³-hybridized carbons (Fsp3) is 0.444. The largest absolute Gasteiger partial charge is 0.469 e. The number of nitrogens with one attached hydrogen (secondary N) is 1. The fourth-order valence-electron chi connectivity index (χ4n) is 2.84. The van der Waals surface area contributed by atoms with Gasteiger partial charge in [-0.15, -0.1) is 0 Å². The van der Waals surface area contributed by atoms with Crippen molar-refractivity contribution in [2.24, 2.45) is 5.92 Å². The molecule has 1 atom stereocenters. The SMILES string of the molecule is CCn1c(C)cc(C)c(C(=O)NC[C@H](CO)Cc2ccco2)c1=O. The molecule has 0 saturated heterocycles. The van der Waals surface area contributed by atoms with E-state index in [9.17, 15) is 14.7 Å². The minimum absolute atomic E-state index is 0.0763. The Kier molecular flexibility index (Phi) is 5.98. The number of pyridine rings is 1. The van der Waals surface area contributed by atoms with Crippen LogP contribution in [-0.4, -0.2) is 28.7 Å². The van der Waals surface area contributed by atoms with Crippen molar-refractivity contribution in [1.82, 2.24) is 9.88 Å². The lowest BCUT2D eigenvalue weighted by molar-refractivity contribution is 0.0936. The van der Waals surface area contributed by atoms with Crippen molar-refractivity contribution in [2.45, 2.75) is 33.7 Å². The molecule has 2 heterocycles. The summed E-state index contributed by atoms with van der Waals surface area (Å²) < 4.78 is 6.84. The molecule has 0 bridgehead atoms. The first kappa shape index (κ1) is 18.0. The third kappa shape index (κ3) is 3.94. The van der Waals surface area contributed by atoms with Gasteiger partial charge in [-0.2, -0.15) is 0 Å². The molecule has 130 valence electrons. The molecule has 24 heavy (non-hydrogen) atoms. The Hall–Kier alpha value is -2.34. The molecule has 0 aliphatic carbocycles. The Balaban J connectivity index is 2.11. The summed E-state index contributed by atoms with van der Waals surface area (Å²) in [6.45, 7) is 6.20. The third-order valence-corrected chi connectivity index (χ3v) is 4.13. The summed E-state index contributed by atoms with van der Waals surface area (Å²) in [4.78, 5) is 25.0. The zero-order chi connectivity index (χ0) is 17.7. The van der Waals surface area contributed by atoms with Crippen molar-refractivity contribution in [3.05, 3.63) is 57.4 Å². The number of furan rings is 1. The summed E-state index contributed by atoms with van der Waals surface area (Å²) in [5.74, 6) is 0.181. The fourth-order valence-corrected chi connectivity index (χ4v) is 2.84. The van der Waals surface area contributed by atoms with Gasteiger partial charge in [0.05, 0.1) is 6.26 Å². The van der Waals surface area contributed by atoms with Gasteiger partial charge in [0.2, 0.25) is 0 Å². The lowest BCUT2D eigenvalue weighted by Crippen LogP contribution is -2.37. The molecule has 6 nitrogen and oxygen atoms in total. The maximum absolute atomic E-state index is 12.5. The zero-order valence-electron chi connectivity index (χ0n) is 14.3. The standard InChI is InChI=1S/C18H24N2O4/c1-4-20-13(3)8-12(2)16(18(20)23)17(22)19-10-14(11-21)9-15-6-5-7-24-15/h5-8,14,21H,4,9-11H2,1-3H3,(H,19,22)/t14-/m1/s1. The van der Waals surface area contributed by atoms with E-state index in [1.807, 2.05) is 26.0 Å². The molecule has 1 amide bonds. The van der Waals surface area contributed by atoms with Crippen molar-refractivity contribution >= 4 is 5.91 Å². The van der Waals surface area contributed by atoms with Crippen LogP contribution in [0.4, 0.5) is 0 Å². The van der Waals surface area contributed by atoms with Gasteiger partial charge in [-0.05, 0) is 44.5 Å². The van der Waals surface area contributed by atoms with E-state index in [0.717, 1.165) is 11.5 Å². The number of hydrogen-bond donors (Lipinski definition) is 2. The van der Waals surface area contributed by atoms with E-state index in [1.165, 1.54) is 0 Å². The smallest absolute Gasteiger partial charge is 0.263 e. The molecule has 0 fully saturated rings. The van der Waals surface area contributed by atoms with Crippen LogP contribution in [0.3, 0.4) is 0 Å². The van der Waals surface area contributed by atoms with Crippen molar-refractivity contribution in [3.63, 3.8) is 0 Å². The summed E-state index contributed by atoms with van der Waals surface area (Å²) in [5, 5.41) is 12.2. The number of aryl methyl sites for hydroxylation is 2. The quantitative estimate of drug-likeness (QED) is 0.807. The van der Waals surface area contributed by atoms with E-state index in [4.69, 9.17) is 4.42 Å². The molecular weight excluding hydrogens is 308 g/mol. The van der Waals surface area contributed by atoms with E-state index in [0.29, 0.717) is 18.5 Å². The van der Waals surface area contributed by atoms with Crippen LogP contribution in [-0.2, 0) is 13.0 Å². The van der Waals surface area contributed by atoms with Crippen molar-refractivity contribution < 1.29 is 14.3 Å². The number of amides is 1. The molecule has 2 aromatic rings. The maximum Gasteiger partial charge on any atom is 0.263 e. The lowest BCUT2D eigenvalue weighted by atomic mass is 10.0. The van der Waals surface area contributed by atoms with Crippen molar-refractivity contribution in [1.29, 1.82) is 0 Å². The number of carbonyl (C=O) groups is 1. The summed E-state index contributed by atoms with van der Waals surface area (Å²) in [5.41, 5.74) is 1.38. The predicted molar refractivity (Wildman–Crippen MR) is 91.2 cm³/mol. The van der Waals surface area contributed by atoms with Gasteiger partial charge in [0.25, 0.3) is 11.5 Å². The van der Waals surface area contributed by atoms with Crippen LogP contribution in [0.25, 0.3) is 0 Å². The molecule has 2 aromatic heterocycles. The van der Waals surface area contributed by atoms with E-state index >= 15 is 0 Å². The monoisotopic (exact) mass is 332 g/mol. The van der Waals surface area contributed by atoms with Crippen molar-refractivity contribution in [2.75, 3.05) is 13.2 Å². The van der Waals surface area contributed by atoms with Gasteiger partial charge in [0, 0.05) is 37.7 Å². The topological polar surface area (TPSA) is 84.5 Å². The second kappa shape index (κ2) is 7.97. The Morgan fingerprint density at radius 1 is 1.42 bits per heavy atom. The van der Waals surface area contributed by atoms with Gasteiger partial charge >= 0.3 is 0 Å². The highest BCUT2D eigenvalue weighted by Gasteiger charge is 2.18.